The molecule has 1 unspecified atom stereocenters. The van der Waals surface area contributed by atoms with Crippen LogP contribution in [0.4, 0.5) is 4.39 Å². The molecule has 5 rings (SSSR count). The van der Waals surface area contributed by atoms with Gasteiger partial charge in [-0.05, 0) is 50.6 Å². The van der Waals surface area contributed by atoms with E-state index in [4.69, 9.17) is 27.9 Å². The van der Waals surface area contributed by atoms with E-state index in [1.807, 2.05) is 56.0 Å². The van der Waals surface area contributed by atoms with Crippen molar-refractivity contribution in [2.75, 3.05) is 19.6 Å². The van der Waals surface area contributed by atoms with Crippen LogP contribution in [0.15, 0.2) is 60.7 Å². The fraction of sp³-hybridized carbons (Fsp3) is 0.300. The molecule has 0 radical (unpaired) electrons. The zero-order chi connectivity index (χ0) is 28.6. The first-order valence-electron chi connectivity index (χ1n) is 12.9. The number of nitrogens with zero attached hydrogens (tertiary/aromatic N) is 3. The second-order valence-corrected chi connectivity index (χ2v) is 11.6. The van der Waals surface area contributed by atoms with Gasteiger partial charge in [-0.15, -0.1) is 0 Å². The predicted octanol–water partition coefficient (Wildman–Crippen LogP) is 6.34. The van der Waals surface area contributed by atoms with Crippen molar-refractivity contribution in [3.63, 3.8) is 0 Å². The minimum Gasteiger partial charge on any atom is -0.459 e. The van der Waals surface area contributed by atoms with E-state index in [0.29, 0.717) is 36.2 Å². The molecule has 1 fully saturated rings. The molecule has 208 valence electrons. The first-order valence-corrected chi connectivity index (χ1v) is 13.7. The van der Waals surface area contributed by atoms with Gasteiger partial charge in [0, 0.05) is 31.7 Å². The maximum Gasteiger partial charge on any atom is 0.325 e. The van der Waals surface area contributed by atoms with Crippen LogP contribution in [0.5, 0.6) is 0 Å². The molecule has 0 spiro atoms. The van der Waals surface area contributed by atoms with E-state index in [1.54, 1.807) is 23.1 Å². The summed E-state index contributed by atoms with van der Waals surface area (Å²) in [5.41, 5.74) is 1.70. The van der Waals surface area contributed by atoms with Crippen LogP contribution in [-0.2, 0) is 16.1 Å². The average Bonchev–Trinajstić information content (AvgIpc) is 3.32. The summed E-state index contributed by atoms with van der Waals surface area (Å²) in [6.07, 6.45) is 0. The van der Waals surface area contributed by atoms with E-state index < -0.39 is 17.5 Å². The molecule has 1 saturated heterocycles. The predicted molar refractivity (Wildman–Crippen MR) is 154 cm³/mol. The Morgan fingerprint density at radius 3 is 2.50 bits per heavy atom. The fourth-order valence-electron chi connectivity index (χ4n) is 4.82. The monoisotopic (exact) mass is 582 g/mol. The molecule has 1 N–H and O–H groups in total. The van der Waals surface area contributed by atoms with Gasteiger partial charge >= 0.3 is 5.97 Å². The van der Waals surface area contributed by atoms with Crippen LogP contribution in [0, 0.1) is 5.82 Å². The summed E-state index contributed by atoms with van der Waals surface area (Å²) in [4.78, 5) is 38.1. The number of ether oxygens (including phenoxy) is 1. The molecule has 3 aromatic carbocycles. The molecule has 1 atom stereocenters. The van der Waals surface area contributed by atoms with Crippen LogP contribution in [0.1, 0.15) is 36.7 Å². The Bertz CT molecular complexity index is 1550. The molecule has 40 heavy (non-hydrogen) atoms. The molecule has 0 bridgehead atoms. The third-order valence-electron chi connectivity index (χ3n) is 6.68. The number of aromatic nitrogens is 2. The van der Waals surface area contributed by atoms with Crippen molar-refractivity contribution in [1.29, 1.82) is 0 Å². The number of benzene rings is 3. The number of hydrogen-bond donors (Lipinski definition) is 1. The molecule has 0 aliphatic carbocycles. The van der Waals surface area contributed by atoms with Crippen LogP contribution in [0.2, 0.25) is 10.0 Å². The lowest BCUT2D eigenvalue weighted by molar-refractivity contribution is -0.163. The van der Waals surface area contributed by atoms with Gasteiger partial charge in [-0.25, -0.2) is 9.37 Å². The number of carbonyl (C=O) groups excluding carboxylic acids is 2. The minimum atomic E-state index is -0.668. The summed E-state index contributed by atoms with van der Waals surface area (Å²) in [5, 5.41) is 0.464. The lowest BCUT2D eigenvalue weighted by atomic mass is 10.1. The van der Waals surface area contributed by atoms with Crippen molar-refractivity contribution in [2.45, 2.75) is 39.0 Å². The van der Waals surface area contributed by atoms with Crippen molar-refractivity contribution in [3.8, 4) is 11.4 Å². The third kappa shape index (κ3) is 5.99. The topological polar surface area (TPSA) is 78.5 Å². The standard InChI is InChI=1S/C30H29Cl2FN4O3/c1-30(2,3)40-29(39)24-17-37(13-12-36(24)16-18-8-5-4-6-9-18)28(38)19-14-21(32)26-23(15-19)34-27(35-26)25-20(31)10-7-11-22(25)33/h4-11,14-15,24H,12-13,16-17H2,1-3H3,(H,34,35). The summed E-state index contributed by atoms with van der Waals surface area (Å²) in [6, 6.07) is 16.8. The average molecular weight is 583 g/mol. The number of nitrogens with one attached hydrogen (secondary N) is 1. The number of hydrogen-bond acceptors (Lipinski definition) is 5. The molecule has 7 nitrogen and oxygen atoms in total. The van der Waals surface area contributed by atoms with Crippen LogP contribution in [0.25, 0.3) is 22.4 Å². The number of rotatable bonds is 5. The number of aromatic amines is 1. The van der Waals surface area contributed by atoms with Gasteiger partial charge in [-0.3, -0.25) is 14.5 Å². The van der Waals surface area contributed by atoms with Crippen LogP contribution < -0.4 is 0 Å². The van der Waals surface area contributed by atoms with Gasteiger partial charge < -0.3 is 14.6 Å². The fourth-order valence-corrected chi connectivity index (χ4v) is 5.34. The highest BCUT2D eigenvalue weighted by Gasteiger charge is 2.37. The number of carbonyl (C=O) groups is 2. The largest absolute Gasteiger partial charge is 0.459 e. The van der Waals surface area contributed by atoms with E-state index in [1.165, 1.54) is 12.1 Å². The van der Waals surface area contributed by atoms with Gasteiger partial charge in [-0.2, -0.15) is 0 Å². The lowest BCUT2D eigenvalue weighted by Crippen LogP contribution is -2.58. The molecule has 2 heterocycles. The first-order chi connectivity index (χ1) is 19.0. The van der Waals surface area contributed by atoms with Crippen molar-refractivity contribution < 1.29 is 18.7 Å². The normalized spacial score (nSPS) is 16.4. The van der Waals surface area contributed by atoms with Crippen molar-refractivity contribution in [3.05, 3.63) is 87.7 Å². The van der Waals surface area contributed by atoms with E-state index in [0.717, 1.165) is 5.56 Å². The molecule has 10 heteroatoms. The summed E-state index contributed by atoms with van der Waals surface area (Å²) >= 11 is 12.8. The Morgan fingerprint density at radius 2 is 1.80 bits per heavy atom. The first kappa shape index (κ1) is 28.1. The number of amides is 1. The summed E-state index contributed by atoms with van der Waals surface area (Å²) in [6.45, 7) is 7.08. The quantitative estimate of drug-likeness (QED) is 0.278. The van der Waals surface area contributed by atoms with Crippen molar-refractivity contribution in [1.82, 2.24) is 19.8 Å². The molecule has 1 aliphatic rings. The number of halogens is 3. The molecule has 1 aromatic heterocycles. The summed E-state index contributed by atoms with van der Waals surface area (Å²) in [7, 11) is 0. The van der Waals surface area contributed by atoms with E-state index in [2.05, 4.69) is 9.97 Å². The maximum absolute atomic E-state index is 14.5. The molecular weight excluding hydrogens is 554 g/mol. The summed E-state index contributed by atoms with van der Waals surface area (Å²) in [5.74, 6) is -0.983. The smallest absolute Gasteiger partial charge is 0.325 e. The SMILES string of the molecule is CC(C)(C)OC(=O)C1CN(C(=O)c2cc(Cl)c3[nH]c(-c4c(F)cccc4Cl)nc3c2)CCN1Cc1ccccc1. The lowest BCUT2D eigenvalue weighted by Gasteiger charge is -2.41. The zero-order valence-electron chi connectivity index (χ0n) is 22.4. The van der Waals surface area contributed by atoms with Crippen LogP contribution in [-0.4, -0.2) is 62.9 Å². The highest BCUT2D eigenvalue weighted by Crippen LogP contribution is 2.33. The minimum absolute atomic E-state index is 0.124. The van der Waals surface area contributed by atoms with Crippen molar-refractivity contribution >= 4 is 46.1 Å². The van der Waals surface area contributed by atoms with Gasteiger partial charge in [0.2, 0.25) is 0 Å². The van der Waals surface area contributed by atoms with Gasteiger partial charge in [-0.1, -0.05) is 59.6 Å². The molecule has 1 amide bonds. The van der Waals surface area contributed by atoms with Crippen LogP contribution >= 0.6 is 23.2 Å². The number of piperazine rings is 1. The second-order valence-electron chi connectivity index (χ2n) is 10.8. The Labute approximate surface area is 241 Å². The number of fused-ring (bicyclic) bond motifs is 1. The summed E-state index contributed by atoms with van der Waals surface area (Å²) < 4.78 is 20.2. The second kappa shape index (κ2) is 11.2. The Kier molecular flexibility index (Phi) is 7.86. The van der Waals surface area contributed by atoms with Gasteiger partial charge in [0.05, 0.1) is 26.6 Å². The van der Waals surface area contributed by atoms with Gasteiger partial charge in [0.25, 0.3) is 5.91 Å². The Hall–Kier alpha value is -3.46. The highest BCUT2D eigenvalue weighted by molar-refractivity contribution is 6.35. The number of imidazole rings is 1. The third-order valence-corrected chi connectivity index (χ3v) is 7.29. The molecule has 4 aromatic rings. The maximum atomic E-state index is 14.5. The van der Waals surface area contributed by atoms with E-state index >= 15 is 0 Å². The van der Waals surface area contributed by atoms with Crippen molar-refractivity contribution in [2.24, 2.45) is 0 Å². The number of H-pyrrole nitrogens is 1. The highest BCUT2D eigenvalue weighted by atomic mass is 35.5. The Balaban J connectivity index is 1.42. The molecule has 0 saturated carbocycles. The van der Waals surface area contributed by atoms with E-state index in [9.17, 15) is 14.0 Å². The Morgan fingerprint density at radius 1 is 1.05 bits per heavy atom. The van der Waals surface area contributed by atoms with Gasteiger partial charge in [0.15, 0.2) is 0 Å². The zero-order valence-corrected chi connectivity index (χ0v) is 23.9. The molecular formula is C30H29Cl2FN4O3. The van der Waals surface area contributed by atoms with Crippen LogP contribution in [0.3, 0.4) is 0 Å². The van der Waals surface area contributed by atoms with E-state index in [-0.39, 0.29) is 39.9 Å². The number of esters is 1. The molecule has 1 aliphatic heterocycles. The van der Waals surface area contributed by atoms with Gasteiger partial charge in [0.1, 0.15) is 23.3 Å².